The van der Waals surface area contributed by atoms with E-state index >= 15 is 0 Å². The number of aryl methyl sites for hydroxylation is 1. The molecule has 1 heterocycles. The first-order valence-electron chi connectivity index (χ1n) is 5.15. The van der Waals surface area contributed by atoms with Crippen molar-refractivity contribution in [3.05, 3.63) is 23.7 Å². The van der Waals surface area contributed by atoms with Crippen LogP contribution in [0, 0.1) is 6.92 Å². The SMILES string of the molecule is Cc1ccoc1CNC1(CO)CCC1. The molecule has 2 rings (SSSR count). The van der Waals surface area contributed by atoms with E-state index in [9.17, 15) is 5.11 Å². The first-order valence-corrected chi connectivity index (χ1v) is 5.15. The summed E-state index contributed by atoms with van der Waals surface area (Å²) in [6.45, 7) is 2.99. The number of hydrogen-bond donors (Lipinski definition) is 2. The van der Waals surface area contributed by atoms with Crippen LogP contribution in [0.5, 0.6) is 0 Å². The van der Waals surface area contributed by atoms with E-state index in [4.69, 9.17) is 4.42 Å². The zero-order valence-corrected chi connectivity index (χ0v) is 8.55. The Balaban J connectivity index is 1.90. The second-order valence-electron chi connectivity index (χ2n) is 4.17. The van der Waals surface area contributed by atoms with Gasteiger partial charge < -0.3 is 14.8 Å². The van der Waals surface area contributed by atoms with Gasteiger partial charge in [-0.05, 0) is 37.8 Å². The normalized spacial score (nSPS) is 19.3. The van der Waals surface area contributed by atoms with Crippen LogP contribution >= 0.6 is 0 Å². The standard InChI is InChI=1S/C11H17NO2/c1-9-3-6-14-10(9)7-12-11(8-13)4-2-5-11/h3,6,12-13H,2,4-5,7-8H2,1H3. The topological polar surface area (TPSA) is 45.4 Å². The first kappa shape index (κ1) is 9.74. The molecular weight excluding hydrogens is 178 g/mol. The highest BCUT2D eigenvalue weighted by Gasteiger charge is 2.35. The van der Waals surface area contributed by atoms with Gasteiger partial charge in [0.1, 0.15) is 5.76 Å². The maximum absolute atomic E-state index is 9.24. The number of furan rings is 1. The van der Waals surface area contributed by atoms with Gasteiger partial charge >= 0.3 is 0 Å². The van der Waals surface area contributed by atoms with Crippen LogP contribution in [-0.4, -0.2) is 17.3 Å². The fourth-order valence-electron chi connectivity index (χ4n) is 1.85. The summed E-state index contributed by atoms with van der Waals surface area (Å²) in [4.78, 5) is 0. The monoisotopic (exact) mass is 195 g/mol. The molecule has 1 aromatic heterocycles. The third kappa shape index (κ3) is 1.70. The molecule has 78 valence electrons. The zero-order valence-electron chi connectivity index (χ0n) is 8.55. The molecule has 1 aliphatic carbocycles. The van der Waals surface area contributed by atoms with Gasteiger partial charge in [0.2, 0.25) is 0 Å². The lowest BCUT2D eigenvalue weighted by molar-refractivity contribution is 0.0852. The Morgan fingerprint density at radius 3 is 2.79 bits per heavy atom. The van der Waals surface area contributed by atoms with Gasteiger partial charge in [-0.15, -0.1) is 0 Å². The number of rotatable bonds is 4. The molecule has 0 aliphatic heterocycles. The number of nitrogens with one attached hydrogen (secondary N) is 1. The van der Waals surface area contributed by atoms with E-state index in [2.05, 4.69) is 5.32 Å². The predicted octanol–water partition coefficient (Wildman–Crippen LogP) is 1.59. The van der Waals surface area contributed by atoms with Crippen LogP contribution in [0.4, 0.5) is 0 Å². The molecule has 0 radical (unpaired) electrons. The second kappa shape index (κ2) is 3.75. The van der Waals surface area contributed by atoms with E-state index < -0.39 is 0 Å². The minimum atomic E-state index is -0.0285. The maximum atomic E-state index is 9.24. The summed E-state index contributed by atoms with van der Waals surface area (Å²) in [5, 5.41) is 12.6. The maximum Gasteiger partial charge on any atom is 0.120 e. The Hall–Kier alpha value is -0.800. The zero-order chi connectivity index (χ0) is 10.0. The minimum Gasteiger partial charge on any atom is -0.468 e. The first-order chi connectivity index (χ1) is 6.76. The largest absolute Gasteiger partial charge is 0.468 e. The molecule has 0 spiro atoms. The smallest absolute Gasteiger partial charge is 0.120 e. The van der Waals surface area contributed by atoms with E-state index in [1.54, 1.807) is 6.26 Å². The Kier molecular flexibility index (Phi) is 2.61. The highest BCUT2D eigenvalue weighted by Crippen LogP contribution is 2.31. The van der Waals surface area contributed by atoms with E-state index in [-0.39, 0.29) is 12.1 Å². The predicted molar refractivity (Wildman–Crippen MR) is 54.0 cm³/mol. The molecule has 0 amide bonds. The van der Waals surface area contributed by atoms with Crippen molar-refractivity contribution in [2.75, 3.05) is 6.61 Å². The number of hydrogen-bond acceptors (Lipinski definition) is 3. The van der Waals surface area contributed by atoms with Crippen LogP contribution < -0.4 is 5.32 Å². The molecule has 3 heteroatoms. The molecule has 1 aromatic rings. The van der Waals surface area contributed by atoms with Crippen molar-refractivity contribution in [2.24, 2.45) is 0 Å². The van der Waals surface area contributed by atoms with Gasteiger partial charge in [0.05, 0.1) is 19.4 Å². The summed E-state index contributed by atoms with van der Waals surface area (Å²) in [7, 11) is 0. The third-order valence-corrected chi connectivity index (χ3v) is 3.21. The van der Waals surface area contributed by atoms with E-state index in [0.29, 0.717) is 0 Å². The van der Waals surface area contributed by atoms with Gasteiger partial charge in [-0.25, -0.2) is 0 Å². The van der Waals surface area contributed by atoms with Crippen LogP contribution in [0.15, 0.2) is 16.7 Å². The third-order valence-electron chi connectivity index (χ3n) is 3.21. The Bertz CT molecular complexity index is 296. The highest BCUT2D eigenvalue weighted by atomic mass is 16.3. The van der Waals surface area contributed by atoms with E-state index in [1.807, 2.05) is 13.0 Å². The lowest BCUT2D eigenvalue weighted by Crippen LogP contribution is -2.53. The molecular formula is C11H17NO2. The Morgan fingerprint density at radius 1 is 1.57 bits per heavy atom. The van der Waals surface area contributed by atoms with Crippen LogP contribution in [0.25, 0.3) is 0 Å². The summed E-state index contributed by atoms with van der Waals surface area (Å²) >= 11 is 0. The van der Waals surface area contributed by atoms with Crippen molar-refractivity contribution < 1.29 is 9.52 Å². The molecule has 0 atom stereocenters. The second-order valence-corrected chi connectivity index (χ2v) is 4.17. The molecule has 0 aromatic carbocycles. The lowest BCUT2D eigenvalue weighted by atomic mass is 9.77. The molecule has 2 N–H and O–H groups in total. The minimum absolute atomic E-state index is 0.0285. The summed E-state index contributed by atoms with van der Waals surface area (Å²) in [6.07, 6.45) is 5.07. The van der Waals surface area contributed by atoms with Gasteiger partial charge in [0.15, 0.2) is 0 Å². The molecule has 14 heavy (non-hydrogen) atoms. The van der Waals surface area contributed by atoms with Gasteiger partial charge in [-0.2, -0.15) is 0 Å². The van der Waals surface area contributed by atoms with Crippen molar-refractivity contribution in [1.82, 2.24) is 5.32 Å². The lowest BCUT2D eigenvalue weighted by Gasteiger charge is -2.41. The van der Waals surface area contributed by atoms with Gasteiger partial charge in [0.25, 0.3) is 0 Å². The Labute approximate surface area is 84.1 Å². The van der Waals surface area contributed by atoms with Gasteiger partial charge in [-0.3, -0.25) is 0 Å². The fourth-order valence-corrected chi connectivity index (χ4v) is 1.85. The molecule has 1 aliphatic rings. The van der Waals surface area contributed by atoms with E-state index in [1.165, 1.54) is 12.0 Å². The van der Waals surface area contributed by atoms with Crippen LogP contribution in [-0.2, 0) is 6.54 Å². The average molecular weight is 195 g/mol. The molecule has 1 fully saturated rings. The van der Waals surface area contributed by atoms with Crippen molar-refractivity contribution in [3.63, 3.8) is 0 Å². The average Bonchev–Trinajstić information content (AvgIpc) is 2.51. The fraction of sp³-hybridized carbons (Fsp3) is 0.636. The summed E-state index contributed by atoms with van der Waals surface area (Å²) in [5.41, 5.74) is 1.14. The highest BCUT2D eigenvalue weighted by molar-refractivity contribution is 5.14. The quantitative estimate of drug-likeness (QED) is 0.767. The van der Waals surface area contributed by atoms with Crippen LogP contribution in [0.3, 0.4) is 0 Å². The summed E-state index contributed by atoms with van der Waals surface area (Å²) < 4.78 is 5.33. The van der Waals surface area contributed by atoms with Crippen molar-refractivity contribution in [2.45, 2.75) is 38.3 Å². The molecule has 0 bridgehead atoms. The number of aliphatic hydroxyl groups is 1. The molecule has 3 nitrogen and oxygen atoms in total. The van der Waals surface area contributed by atoms with Crippen molar-refractivity contribution in [1.29, 1.82) is 0 Å². The number of aliphatic hydroxyl groups excluding tert-OH is 1. The summed E-state index contributed by atoms with van der Waals surface area (Å²) in [6, 6.07) is 1.96. The molecule has 0 unspecified atom stereocenters. The van der Waals surface area contributed by atoms with Gasteiger partial charge in [-0.1, -0.05) is 0 Å². The van der Waals surface area contributed by atoms with E-state index in [0.717, 1.165) is 25.1 Å². The Morgan fingerprint density at radius 2 is 2.36 bits per heavy atom. The van der Waals surface area contributed by atoms with Crippen molar-refractivity contribution in [3.8, 4) is 0 Å². The summed E-state index contributed by atoms with van der Waals surface area (Å²) in [5.74, 6) is 0.977. The van der Waals surface area contributed by atoms with Crippen LogP contribution in [0.1, 0.15) is 30.6 Å². The van der Waals surface area contributed by atoms with Gasteiger partial charge in [0, 0.05) is 5.54 Å². The molecule has 0 saturated heterocycles. The molecule has 1 saturated carbocycles. The van der Waals surface area contributed by atoms with Crippen molar-refractivity contribution >= 4 is 0 Å². The van der Waals surface area contributed by atoms with Crippen LogP contribution in [0.2, 0.25) is 0 Å².